The third-order valence-electron chi connectivity index (χ3n) is 5.44. The molecule has 0 unspecified atom stereocenters. The lowest BCUT2D eigenvalue weighted by atomic mass is 10.1. The number of sulfonamides is 1. The Hall–Kier alpha value is -3.32. The van der Waals surface area contributed by atoms with Gasteiger partial charge in [-0.2, -0.15) is 0 Å². The predicted octanol–water partition coefficient (Wildman–Crippen LogP) is 3.87. The van der Waals surface area contributed by atoms with Gasteiger partial charge < -0.3 is 9.64 Å². The lowest BCUT2D eigenvalue weighted by Gasteiger charge is -2.23. The molecule has 3 aromatic carbocycles. The highest BCUT2D eigenvalue weighted by atomic mass is 32.2. The molecule has 0 spiro atoms. The molecule has 0 radical (unpaired) electrons. The molecule has 0 N–H and O–H groups in total. The monoisotopic (exact) mass is 436 g/mol. The topological polar surface area (TPSA) is 66.9 Å². The molecule has 0 saturated heterocycles. The molecule has 0 aromatic heterocycles. The summed E-state index contributed by atoms with van der Waals surface area (Å²) in [7, 11) is -2.14. The van der Waals surface area contributed by atoms with E-state index in [1.165, 1.54) is 11.4 Å². The van der Waals surface area contributed by atoms with Crippen molar-refractivity contribution in [3.05, 3.63) is 84.4 Å². The SMILES string of the molecule is C[C@@H]1Cc2ccccc2N1C(=O)COc1ccc(N(C)S(=O)(=O)c2ccccc2)cc1. The van der Waals surface area contributed by atoms with Gasteiger partial charge in [0.25, 0.3) is 15.9 Å². The number of para-hydroxylation sites is 1. The van der Waals surface area contributed by atoms with Crippen LogP contribution in [0.25, 0.3) is 0 Å². The fourth-order valence-corrected chi connectivity index (χ4v) is 5.02. The first-order chi connectivity index (χ1) is 14.9. The number of hydrogen-bond acceptors (Lipinski definition) is 4. The molecule has 1 heterocycles. The molecule has 160 valence electrons. The summed E-state index contributed by atoms with van der Waals surface area (Å²) in [6.07, 6.45) is 0.832. The summed E-state index contributed by atoms with van der Waals surface area (Å²) >= 11 is 0. The number of fused-ring (bicyclic) bond motifs is 1. The van der Waals surface area contributed by atoms with E-state index in [0.717, 1.165) is 17.7 Å². The van der Waals surface area contributed by atoms with Crippen LogP contribution in [0, 0.1) is 0 Å². The van der Waals surface area contributed by atoms with Crippen LogP contribution in [-0.4, -0.2) is 34.0 Å². The normalized spacial score (nSPS) is 15.4. The molecule has 6 nitrogen and oxygen atoms in total. The van der Waals surface area contributed by atoms with Crippen LogP contribution in [0.5, 0.6) is 5.75 Å². The molecular weight excluding hydrogens is 412 g/mol. The van der Waals surface area contributed by atoms with Gasteiger partial charge in [-0.3, -0.25) is 9.10 Å². The second-order valence-corrected chi connectivity index (χ2v) is 9.48. The molecule has 1 atom stereocenters. The molecule has 1 amide bonds. The highest BCUT2D eigenvalue weighted by molar-refractivity contribution is 7.92. The first kappa shape index (κ1) is 20.9. The summed E-state index contributed by atoms with van der Waals surface area (Å²) in [6, 6.07) is 22.9. The van der Waals surface area contributed by atoms with Crippen molar-refractivity contribution in [3.63, 3.8) is 0 Å². The van der Waals surface area contributed by atoms with Crippen LogP contribution in [0.2, 0.25) is 0 Å². The van der Waals surface area contributed by atoms with Gasteiger partial charge in [0.15, 0.2) is 6.61 Å². The summed E-state index contributed by atoms with van der Waals surface area (Å²) in [6.45, 7) is 1.94. The van der Waals surface area contributed by atoms with E-state index in [-0.39, 0.29) is 23.5 Å². The molecule has 1 aliphatic rings. The van der Waals surface area contributed by atoms with Crippen molar-refractivity contribution in [3.8, 4) is 5.75 Å². The van der Waals surface area contributed by atoms with E-state index in [9.17, 15) is 13.2 Å². The summed E-state index contributed by atoms with van der Waals surface area (Å²) in [5, 5.41) is 0. The zero-order chi connectivity index (χ0) is 22.0. The van der Waals surface area contributed by atoms with Crippen molar-refractivity contribution >= 4 is 27.3 Å². The van der Waals surface area contributed by atoms with Crippen LogP contribution >= 0.6 is 0 Å². The Balaban J connectivity index is 1.42. The van der Waals surface area contributed by atoms with E-state index < -0.39 is 10.0 Å². The molecule has 0 saturated carbocycles. The van der Waals surface area contributed by atoms with Crippen LogP contribution in [0.4, 0.5) is 11.4 Å². The van der Waals surface area contributed by atoms with Gasteiger partial charge in [0.2, 0.25) is 0 Å². The molecule has 3 aromatic rings. The Morgan fingerprint density at radius 1 is 1.00 bits per heavy atom. The van der Waals surface area contributed by atoms with E-state index >= 15 is 0 Å². The number of rotatable bonds is 6. The Kier molecular flexibility index (Phi) is 5.69. The number of nitrogens with zero attached hydrogens (tertiary/aromatic N) is 2. The van der Waals surface area contributed by atoms with Gasteiger partial charge in [-0.25, -0.2) is 8.42 Å². The molecule has 0 bridgehead atoms. The van der Waals surface area contributed by atoms with Crippen LogP contribution in [0.3, 0.4) is 0 Å². The summed E-state index contributed by atoms with van der Waals surface area (Å²) in [5.41, 5.74) is 2.60. The largest absolute Gasteiger partial charge is 0.484 e. The summed E-state index contributed by atoms with van der Waals surface area (Å²) in [5.74, 6) is 0.396. The highest BCUT2D eigenvalue weighted by Gasteiger charge is 2.30. The van der Waals surface area contributed by atoms with Crippen molar-refractivity contribution in [2.24, 2.45) is 0 Å². The number of anilines is 2. The Morgan fingerprint density at radius 3 is 2.35 bits per heavy atom. The van der Waals surface area contributed by atoms with Gasteiger partial charge in [-0.15, -0.1) is 0 Å². The van der Waals surface area contributed by atoms with Crippen LogP contribution in [0.1, 0.15) is 12.5 Å². The number of carbonyl (C=O) groups excluding carboxylic acids is 1. The molecule has 7 heteroatoms. The standard InChI is InChI=1S/C24H24N2O4S/c1-18-16-19-8-6-7-11-23(19)26(18)24(27)17-30-21-14-12-20(13-15-21)25(2)31(28,29)22-9-4-3-5-10-22/h3-15,18H,16-17H2,1-2H3/t18-/m1/s1. The van der Waals surface area contributed by atoms with Crippen molar-refractivity contribution in [1.82, 2.24) is 0 Å². The minimum absolute atomic E-state index is 0.0871. The smallest absolute Gasteiger partial charge is 0.265 e. The summed E-state index contributed by atoms with van der Waals surface area (Å²) in [4.78, 5) is 14.8. The zero-order valence-corrected chi connectivity index (χ0v) is 18.2. The lowest BCUT2D eigenvalue weighted by Crippen LogP contribution is -2.39. The quantitative estimate of drug-likeness (QED) is 0.588. The lowest BCUT2D eigenvalue weighted by molar-refractivity contribution is -0.120. The van der Waals surface area contributed by atoms with Crippen molar-refractivity contribution < 1.29 is 17.9 Å². The second-order valence-electron chi connectivity index (χ2n) is 7.51. The number of hydrogen-bond donors (Lipinski definition) is 0. The van der Waals surface area contributed by atoms with Crippen LogP contribution in [-0.2, 0) is 21.2 Å². The minimum Gasteiger partial charge on any atom is -0.484 e. The minimum atomic E-state index is -3.64. The maximum Gasteiger partial charge on any atom is 0.265 e. The van der Waals surface area contributed by atoms with Gasteiger partial charge >= 0.3 is 0 Å². The molecule has 0 aliphatic carbocycles. The van der Waals surface area contributed by atoms with Crippen molar-refractivity contribution in [1.29, 1.82) is 0 Å². The van der Waals surface area contributed by atoms with Gasteiger partial charge in [-0.05, 0) is 61.4 Å². The first-order valence-corrected chi connectivity index (χ1v) is 11.5. The second kappa shape index (κ2) is 8.43. The predicted molar refractivity (Wildman–Crippen MR) is 121 cm³/mol. The number of benzene rings is 3. The van der Waals surface area contributed by atoms with E-state index in [4.69, 9.17) is 4.74 Å². The van der Waals surface area contributed by atoms with Gasteiger partial charge in [-0.1, -0.05) is 36.4 Å². The average molecular weight is 437 g/mol. The summed E-state index contributed by atoms with van der Waals surface area (Å²) < 4.78 is 32.4. The Morgan fingerprint density at radius 2 is 1.65 bits per heavy atom. The van der Waals surface area contributed by atoms with Crippen molar-refractivity contribution in [2.45, 2.75) is 24.3 Å². The molecule has 4 rings (SSSR count). The fraction of sp³-hybridized carbons (Fsp3) is 0.208. The molecule has 1 aliphatic heterocycles. The number of amides is 1. The molecule has 0 fully saturated rings. The highest BCUT2D eigenvalue weighted by Crippen LogP contribution is 2.32. The maximum absolute atomic E-state index is 12.8. The zero-order valence-electron chi connectivity index (χ0n) is 17.4. The van der Waals surface area contributed by atoms with Crippen molar-refractivity contribution in [2.75, 3.05) is 22.9 Å². The fourth-order valence-electron chi connectivity index (χ4n) is 3.80. The number of ether oxygens (including phenoxy) is 1. The third kappa shape index (κ3) is 4.14. The first-order valence-electron chi connectivity index (χ1n) is 10.0. The average Bonchev–Trinajstić information content (AvgIpc) is 3.13. The Bertz CT molecular complexity index is 1180. The van der Waals surface area contributed by atoms with Gasteiger partial charge in [0, 0.05) is 18.8 Å². The van der Waals surface area contributed by atoms with E-state index in [2.05, 4.69) is 0 Å². The number of carbonyl (C=O) groups is 1. The van der Waals surface area contributed by atoms with E-state index in [1.807, 2.05) is 31.2 Å². The molecular formula is C24H24N2O4S. The third-order valence-corrected chi connectivity index (χ3v) is 7.24. The Labute approximate surface area is 182 Å². The van der Waals surface area contributed by atoms with Crippen LogP contribution in [0.15, 0.2) is 83.8 Å². The van der Waals surface area contributed by atoms with Gasteiger partial charge in [0.05, 0.1) is 10.6 Å². The van der Waals surface area contributed by atoms with E-state index in [0.29, 0.717) is 11.4 Å². The van der Waals surface area contributed by atoms with Crippen LogP contribution < -0.4 is 13.9 Å². The van der Waals surface area contributed by atoms with Gasteiger partial charge in [0.1, 0.15) is 5.75 Å². The molecule has 31 heavy (non-hydrogen) atoms. The van der Waals surface area contributed by atoms with E-state index in [1.54, 1.807) is 59.5 Å². The maximum atomic E-state index is 12.8.